The minimum atomic E-state index is 0.310. The number of piperazine rings is 1. The van der Waals surface area contributed by atoms with Gasteiger partial charge in [-0.25, -0.2) is 4.98 Å². The van der Waals surface area contributed by atoms with Gasteiger partial charge in [-0.15, -0.1) is 0 Å². The monoisotopic (exact) mass is 334 g/mol. The van der Waals surface area contributed by atoms with Gasteiger partial charge in [0.15, 0.2) is 0 Å². The highest BCUT2D eigenvalue weighted by molar-refractivity contribution is 5.74. The molecule has 4 nitrogen and oxygen atoms in total. The lowest BCUT2D eigenvalue weighted by Gasteiger charge is -2.42. The van der Waals surface area contributed by atoms with Crippen molar-refractivity contribution >= 4 is 11.0 Å². The van der Waals surface area contributed by atoms with E-state index in [-0.39, 0.29) is 0 Å². The first kappa shape index (κ1) is 16.3. The standard InChI is InChI=1S/C21H26N4/c1-16(2)25-13-12-24(14-17-8-4-3-5-9-17)15-20(25)21-22-18-10-6-7-11-19(18)23-21/h3-11,16,20H,12-15H2,1-2H3,(H,22,23). The van der Waals surface area contributed by atoms with Crippen LogP contribution in [-0.4, -0.2) is 45.4 Å². The quantitative estimate of drug-likeness (QED) is 0.787. The van der Waals surface area contributed by atoms with Crippen molar-refractivity contribution in [2.24, 2.45) is 0 Å². The number of nitrogens with zero attached hydrogens (tertiary/aromatic N) is 3. The Kier molecular flexibility index (Phi) is 4.55. The zero-order valence-corrected chi connectivity index (χ0v) is 15.0. The molecule has 0 bridgehead atoms. The van der Waals surface area contributed by atoms with Gasteiger partial charge in [-0.3, -0.25) is 9.80 Å². The number of aromatic amines is 1. The highest BCUT2D eigenvalue weighted by Gasteiger charge is 2.31. The van der Waals surface area contributed by atoms with Crippen LogP contribution in [0.15, 0.2) is 54.6 Å². The maximum Gasteiger partial charge on any atom is 0.126 e. The fourth-order valence-corrected chi connectivity index (χ4v) is 3.83. The molecule has 25 heavy (non-hydrogen) atoms. The molecule has 0 aliphatic carbocycles. The lowest BCUT2D eigenvalue weighted by atomic mass is 10.1. The predicted octanol–water partition coefficient (Wildman–Crippen LogP) is 3.83. The van der Waals surface area contributed by atoms with Crippen LogP contribution in [0.4, 0.5) is 0 Å². The highest BCUT2D eigenvalue weighted by atomic mass is 15.3. The van der Waals surface area contributed by atoms with E-state index >= 15 is 0 Å². The Morgan fingerprint density at radius 3 is 2.56 bits per heavy atom. The Labute approximate surface area is 149 Å². The number of hydrogen-bond donors (Lipinski definition) is 1. The second-order valence-electron chi connectivity index (χ2n) is 7.21. The first-order chi connectivity index (χ1) is 12.2. The fraction of sp³-hybridized carbons (Fsp3) is 0.381. The smallest absolute Gasteiger partial charge is 0.126 e. The summed E-state index contributed by atoms with van der Waals surface area (Å²) in [6.07, 6.45) is 0. The number of nitrogens with one attached hydrogen (secondary N) is 1. The minimum Gasteiger partial charge on any atom is -0.341 e. The van der Waals surface area contributed by atoms with Gasteiger partial charge in [0.1, 0.15) is 5.82 Å². The van der Waals surface area contributed by atoms with Crippen LogP contribution in [-0.2, 0) is 6.54 Å². The molecule has 0 amide bonds. The van der Waals surface area contributed by atoms with Crippen LogP contribution < -0.4 is 0 Å². The molecular formula is C21H26N4. The van der Waals surface area contributed by atoms with E-state index in [2.05, 4.69) is 83.2 Å². The highest BCUT2D eigenvalue weighted by Crippen LogP contribution is 2.28. The lowest BCUT2D eigenvalue weighted by molar-refractivity contribution is 0.0431. The van der Waals surface area contributed by atoms with Gasteiger partial charge >= 0.3 is 0 Å². The largest absolute Gasteiger partial charge is 0.341 e. The van der Waals surface area contributed by atoms with Gasteiger partial charge in [-0.1, -0.05) is 42.5 Å². The van der Waals surface area contributed by atoms with Gasteiger partial charge in [-0.05, 0) is 31.5 Å². The maximum atomic E-state index is 4.89. The summed E-state index contributed by atoms with van der Waals surface area (Å²) in [5.74, 6) is 1.09. The summed E-state index contributed by atoms with van der Waals surface area (Å²) in [5, 5.41) is 0. The maximum absolute atomic E-state index is 4.89. The van der Waals surface area contributed by atoms with Crippen molar-refractivity contribution < 1.29 is 0 Å². The molecule has 1 atom stereocenters. The van der Waals surface area contributed by atoms with Gasteiger partial charge in [0.2, 0.25) is 0 Å². The molecule has 0 saturated carbocycles. The number of H-pyrrole nitrogens is 1. The molecule has 1 aliphatic heterocycles. The van der Waals surface area contributed by atoms with Crippen molar-refractivity contribution in [3.63, 3.8) is 0 Å². The van der Waals surface area contributed by atoms with Crippen molar-refractivity contribution in [2.75, 3.05) is 19.6 Å². The molecule has 130 valence electrons. The normalized spacial score (nSPS) is 19.7. The molecule has 1 fully saturated rings. The number of rotatable bonds is 4. The SMILES string of the molecule is CC(C)N1CCN(Cc2ccccc2)CC1c1nc2ccccc2[nH]1. The first-order valence-electron chi connectivity index (χ1n) is 9.17. The van der Waals surface area contributed by atoms with Crippen molar-refractivity contribution in [1.29, 1.82) is 0 Å². The van der Waals surface area contributed by atoms with E-state index in [1.54, 1.807) is 0 Å². The van der Waals surface area contributed by atoms with Crippen LogP contribution in [0.2, 0.25) is 0 Å². The fourth-order valence-electron chi connectivity index (χ4n) is 3.83. The summed E-state index contributed by atoms with van der Waals surface area (Å²) in [4.78, 5) is 13.6. The first-order valence-corrected chi connectivity index (χ1v) is 9.17. The number of aromatic nitrogens is 2. The average molecular weight is 334 g/mol. The van der Waals surface area contributed by atoms with Crippen molar-refractivity contribution in [3.05, 3.63) is 66.0 Å². The number of fused-ring (bicyclic) bond motifs is 1. The van der Waals surface area contributed by atoms with Crippen LogP contribution >= 0.6 is 0 Å². The van der Waals surface area contributed by atoms with Crippen molar-refractivity contribution in [1.82, 2.24) is 19.8 Å². The predicted molar refractivity (Wildman–Crippen MR) is 102 cm³/mol. The Balaban J connectivity index is 1.59. The third-order valence-electron chi connectivity index (χ3n) is 5.14. The molecule has 0 spiro atoms. The van der Waals surface area contributed by atoms with Gasteiger partial charge in [0.05, 0.1) is 17.1 Å². The Morgan fingerprint density at radius 2 is 1.80 bits per heavy atom. The number of imidazole rings is 1. The molecule has 2 heterocycles. The Morgan fingerprint density at radius 1 is 1.04 bits per heavy atom. The van der Waals surface area contributed by atoms with Crippen LogP contribution in [0.5, 0.6) is 0 Å². The van der Waals surface area contributed by atoms with Gasteiger partial charge < -0.3 is 4.98 Å². The molecule has 0 radical (unpaired) electrons. The summed E-state index contributed by atoms with van der Waals surface area (Å²) in [5.41, 5.74) is 3.56. The number of benzene rings is 2. The van der Waals surface area contributed by atoms with E-state index in [4.69, 9.17) is 4.98 Å². The third kappa shape index (κ3) is 3.46. The van der Waals surface area contributed by atoms with E-state index in [1.165, 1.54) is 5.56 Å². The van der Waals surface area contributed by atoms with E-state index in [1.807, 2.05) is 0 Å². The second-order valence-corrected chi connectivity index (χ2v) is 7.21. The molecule has 1 saturated heterocycles. The second kappa shape index (κ2) is 6.98. The Hall–Kier alpha value is -2.17. The molecule has 1 N–H and O–H groups in total. The number of para-hydroxylation sites is 2. The Bertz CT molecular complexity index is 791. The van der Waals surface area contributed by atoms with E-state index in [0.29, 0.717) is 12.1 Å². The summed E-state index contributed by atoms with van der Waals surface area (Å²) in [6.45, 7) is 8.75. The minimum absolute atomic E-state index is 0.310. The zero-order chi connectivity index (χ0) is 17.2. The van der Waals surface area contributed by atoms with Crippen LogP contribution in [0.3, 0.4) is 0 Å². The van der Waals surface area contributed by atoms with E-state index in [9.17, 15) is 0 Å². The summed E-state index contributed by atoms with van der Waals surface area (Å²) in [7, 11) is 0. The molecular weight excluding hydrogens is 308 g/mol. The van der Waals surface area contributed by atoms with Crippen molar-refractivity contribution in [2.45, 2.75) is 32.5 Å². The molecule has 4 rings (SSSR count). The van der Waals surface area contributed by atoms with E-state index in [0.717, 1.165) is 43.0 Å². The van der Waals surface area contributed by atoms with Gasteiger partial charge in [0.25, 0.3) is 0 Å². The zero-order valence-electron chi connectivity index (χ0n) is 15.0. The number of hydrogen-bond acceptors (Lipinski definition) is 3. The van der Waals surface area contributed by atoms with E-state index < -0.39 is 0 Å². The van der Waals surface area contributed by atoms with Crippen LogP contribution in [0.1, 0.15) is 31.3 Å². The molecule has 1 aromatic heterocycles. The lowest BCUT2D eigenvalue weighted by Crippen LogP contribution is -2.50. The molecule has 4 heteroatoms. The summed E-state index contributed by atoms with van der Waals surface area (Å²) < 4.78 is 0. The molecule has 1 aliphatic rings. The van der Waals surface area contributed by atoms with Gasteiger partial charge in [-0.2, -0.15) is 0 Å². The third-order valence-corrected chi connectivity index (χ3v) is 5.14. The molecule has 2 aromatic carbocycles. The van der Waals surface area contributed by atoms with Gasteiger partial charge in [0, 0.05) is 32.2 Å². The van der Waals surface area contributed by atoms with Crippen molar-refractivity contribution in [3.8, 4) is 0 Å². The molecule has 3 aromatic rings. The van der Waals surface area contributed by atoms with Crippen LogP contribution in [0.25, 0.3) is 11.0 Å². The topological polar surface area (TPSA) is 35.2 Å². The summed E-state index contributed by atoms with van der Waals surface area (Å²) in [6, 6.07) is 19.9. The molecule has 1 unspecified atom stereocenters. The summed E-state index contributed by atoms with van der Waals surface area (Å²) >= 11 is 0. The van der Waals surface area contributed by atoms with Crippen LogP contribution in [0, 0.1) is 0 Å². The average Bonchev–Trinajstić information content (AvgIpc) is 3.06.